The fourth-order valence-electron chi connectivity index (χ4n) is 4.90. The number of aromatic nitrogens is 4. The second-order valence-electron chi connectivity index (χ2n) is 9.33. The van der Waals surface area contributed by atoms with E-state index in [1.165, 1.54) is 6.07 Å². The first-order valence-electron chi connectivity index (χ1n) is 14.6. The van der Waals surface area contributed by atoms with Crippen molar-refractivity contribution < 1.29 is 28.6 Å². The molecule has 0 amide bonds. The second kappa shape index (κ2) is 11.9. The zero-order valence-electron chi connectivity index (χ0n) is 25.2. The van der Waals surface area contributed by atoms with Crippen LogP contribution in [0.4, 0.5) is 0 Å². The molecular weight excluding hydrogens is 697 g/mol. The van der Waals surface area contributed by atoms with E-state index < -0.39 is 6.85 Å². The summed E-state index contributed by atoms with van der Waals surface area (Å²) in [6.07, 6.45) is 1.79. The molecule has 4 aromatic heterocycles. The van der Waals surface area contributed by atoms with Gasteiger partial charge in [0.25, 0.3) is 0 Å². The molecule has 42 heavy (non-hydrogen) atoms. The van der Waals surface area contributed by atoms with Gasteiger partial charge in [-0.1, -0.05) is 53.4 Å². The number of hydrogen-bond donors (Lipinski definition) is 0. The molecule has 8 aromatic rings. The van der Waals surface area contributed by atoms with Gasteiger partial charge in [0.05, 0.1) is 22.4 Å². The van der Waals surface area contributed by atoms with E-state index in [2.05, 4.69) is 26.7 Å². The van der Waals surface area contributed by atoms with E-state index in [-0.39, 0.29) is 31.5 Å². The maximum atomic E-state index is 7.65. The Bertz CT molecular complexity index is 2180. The van der Waals surface area contributed by atoms with Gasteiger partial charge < -0.3 is 14.0 Å². The van der Waals surface area contributed by atoms with Crippen LogP contribution >= 0.6 is 0 Å². The predicted octanol–water partition coefficient (Wildman–Crippen LogP) is 8.64. The fourth-order valence-corrected chi connectivity index (χ4v) is 4.90. The van der Waals surface area contributed by atoms with Crippen LogP contribution in [0.3, 0.4) is 0 Å². The Labute approximate surface area is 261 Å². The number of nitrogens with zero attached hydrogens (tertiary/aromatic N) is 4. The Morgan fingerprint density at radius 3 is 2.38 bits per heavy atom. The van der Waals surface area contributed by atoms with Crippen molar-refractivity contribution >= 4 is 33.1 Å². The van der Waals surface area contributed by atoms with Crippen molar-refractivity contribution in [1.29, 1.82) is 0 Å². The van der Waals surface area contributed by atoms with Gasteiger partial charge in [0, 0.05) is 47.2 Å². The van der Waals surface area contributed by atoms with E-state index in [1.807, 2.05) is 109 Å². The first-order valence-corrected chi connectivity index (χ1v) is 13.1. The first-order chi connectivity index (χ1) is 21.5. The average Bonchev–Trinajstić information content (AvgIpc) is 3.64. The summed E-state index contributed by atoms with van der Waals surface area (Å²) in [7, 11) is 0. The topological polar surface area (TPSA) is 56.7 Å². The molecule has 0 atom stereocenters. The summed E-state index contributed by atoms with van der Waals surface area (Å²) in [6, 6.07) is 45.1. The van der Waals surface area contributed by atoms with Crippen LogP contribution in [0.1, 0.15) is 9.81 Å². The van der Waals surface area contributed by atoms with Crippen LogP contribution < -0.4 is 0 Å². The van der Waals surface area contributed by atoms with Crippen molar-refractivity contribution in [2.24, 2.45) is 0 Å². The van der Waals surface area contributed by atoms with E-state index in [1.54, 1.807) is 12.3 Å². The summed E-state index contributed by atoms with van der Waals surface area (Å²) in [4.78, 5) is 13.4. The Kier molecular flexibility index (Phi) is 6.74. The Morgan fingerprint density at radius 1 is 0.738 bits per heavy atom. The number of hydrogen-bond acceptors (Lipinski definition) is 4. The quantitative estimate of drug-likeness (QED) is 0.171. The summed E-state index contributed by atoms with van der Waals surface area (Å²) in [5.41, 5.74) is 6.37. The monoisotopic (exact) mass is 724 g/mol. The van der Waals surface area contributed by atoms with Crippen molar-refractivity contribution in [3.8, 4) is 28.3 Å². The van der Waals surface area contributed by atoms with E-state index in [9.17, 15) is 0 Å². The van der Waals surface area contributed by atoms with Crippen molar-refractivity contribution in [2.45, 2.75) is 6.85 Å². The zero-order valence-corrected chi connectivity index (χ0v) is 24.5. The number of para-hydroxylation sites is 3. The van der Waals surface area contributed by atoms with Gasteiger partial charge in [-0.25, -0.2) is 4.98 Å². The molecule has 0 fully saturated rings. The predicted molar refractivity (Wildman–Crippen MR) is 164 cm³/mol. The molecule has 0 aliphatic rings. The van der Waals surface area contributed by atoms with E-state index in [4.69, 9.17) is 13.5 Å². The Morgan fingerprint density at radius 2 is 1.57 bits per heavy atom. The standard InChI is InChI=1S/C25H16N3O.C11H8N.Ir/c1-16-14-15-19-18-10-7-11-20(23(18)29-25(19)26-16)24-27-21-12-5-6-13-22(21)28(24)17-8-3-2-4-9-17;1-2-6-10(7-3-1)11-8-4-5-9-12-11;/h2-10,12-15H,1H3;1-6,8-9H;/q2*-1;/i1D3;;. The van der Waals surface area contributed by atoms with Crippen LogP contribution in [0, 0.1) is 19.0 Å². The molecule has 0 bridgehead atoms. The van der Waals surface area contributed by atoms with Gasteiger partial charge in [0.1, 0.15) is 0 Å². The van der Waals surface area contributed by atoms with Gasteiger partial charge in [-0.05, 0) is 55.0 Å². The number of fused-ring (bicyclic) bond motifs is 4. The van der Waals surface area contributed by atoms with Crippen molar-refractivity contribution in [1.82, 2.24) is 19.5 Å². The summed E-state index contributed by atoms with van der Waals surface area (Å²) in [6.45, 7) is -2.30. The zero-order chi connectivity index (χ0) is 30.1. The summed E-state index contributed by atoms with van der Waals surface area (Å²) >= 11 is 0. The first kappa shape index (κ1) is 23.8. The van der Waals surface area contributed by atoms with Gasteiger partial charge in [0.2, 0.25) is 5.71 Å². The SMILES string of the molecule is [2H]C([2H])([2H])c1ccc2c(n1)oc1c(-c3nc4ccccc4n3-c3ccccc3)[c-]ccc12.[Ir].[c-]1ccccc1-c1ccccn1. The number of furan rings is 1. The van der Waals surface area contributed by atoms with Gasteiger partial charge in [-0.2, -0.15) is 0 Å². The molecule has 0 aliphatic heterocycles. The Balaban J connectivity index is 0.000000231. The molecule has 5 nitrogen and oxygen atoms in total. The van der Waals surface area contributed by atoms with Crippen LogP contribution in [0.15, 0.2) is 132 Å². The molecule has 0 saturated carbocycles. The van der Waals surface area contributed by atoms with Gasteiger partial charge in [0.15, 0.2) is 0 Å². The third-order valence-electron chi connectivity index (χ3n) is 6.75. The van der Waals surface area contributed by atoms with Crippen LogP contribution in [-0.2, 0) is 20.1 Å². The maximum absolute atomic E-state index is 7.65. The molecule has 0 spiro atoms. The van der Waals surface area contributed by atoms with Crippen LogP contribution in [0.5, 0.6) is 0 Å². The van der Waals surface area contributed by atoms with Crippen LogP contribution in [-0.4, -0.2) is 19.5 Å². The minimum atomic E-state index is -2.30. The molecule has 0 unspecified atom stereocenters. The third-order valence-corrected chi connectivity index (χ3v) is 6.75. The molecule has 4 aromatic carbocycles. The molecule has 0 N–H and O–H groups in total. The van der Waals surface area contributed by atoms with Gasteiger partial charge in [-0.3, -0.25) is 4.98 Å². The number of pyridine rings is 2. The van der Waals surface area contributed by atoms with E-state index in [0.717, 1.165) is 38.8 Å². The maximum Gasteiger partial charge on any atom is 0.216 e. The normalized spacial score (nSPS) is 12.1. The average molecular weight is 724 g/mol. The number of rotatable bonds is 3. The number of benzene rings is 4. The molecule has 8 rings (SSSR count). The summed E-state index contributed by atoms with van der Waals surface area (Å²) in [5, 5.41) is 1.59. The van der Waals surface area contributed by atoms with Crippen LogP contribution in [0.25, 0.3) is 61.4 Å². The minimum Gasteiger partial charge on any atom is -0.486 e. The summed E-state index contributed by atoms with van der Waals surface area (Å²) in [5.74, 6) is 0.693. The fraction of sp³-hybridized carbons (Fsp3) is 0.0278. The van der Waals surface area contributed by atoms with Gasteiger partial charge >= 0.3 is 0 Å². The third kappa shape index (κ3) is 5.14. The largest absolute Gasteiger partial charge is 0.486 e. The molecule has 0 saturated heterocycles. The van der Waals surface area contributed by atoms with E-state index >= 15 is 0 Å². The molecular formula is C36H24IrN4O-2. The van der Waals surface area contributed by atoms with Crippen molar-refractivity contribution in [3.05, 3.63) is 145 Å². The second-order valence-corrected chi connectivity index (χ2v) is 9.33. The van der Waals surface area contributed by atoms with Crippen molar-refractivity contribution in [3.63, 3.8) is 0 Å². The molecule has 205 valence electrons. The minimum absolute atomic E-state index is 0. The molecule has 4 heterocycles. The smallest absolute Gasteiger partial charge is 0.216 e. The summed E-state index contributed by atoms with van der Waals surface area (Å²) < 4.78 is 31.2. The number of imidazole rings is 1. The molecule has 1 radical (unpaired) electrons. The van der Waals surface area contributed by atoms with Crippen LogP contribution in [0.2, 0.25) is 0 Å². The molecule has 6 heteroatoms. The number of aryl methyl sites for hydroxylation is 1. The Hall–Kier alpha value is -4.90. The molecule has 0 aliphatic carbocycles. The van der Waals surface area contributed by atoms with Crippen molar-refractivity contribution in [2.75, 3.05) is 0 Å². The van der Waals surface area contributed by atoms with E-state index in [0.29, 0.717) is 17.0 Å². The van der Waals surface area contributed by atoms with Gasteiger partial charge in [-0.15, -0.1) is 54.1 Å².